The van der Waals surface area contributed by atoms with Crippen molar-refractivity contribution in [3.63, 3.8) is 0 Å². The predicted octanol–water partition coefficient (Wildman–Crippen LogP) is 4.69. The van der Waals surface area contributed by atoms with Gasteiger partial charge in [0.2, 0.25) is 5.91 Å². The van der Waals surface area contributed by atoms with Crippen LogP contribution in [-0.2, 0) is 27.0 Å². The summed E-state index contributed by atoms with van der Waals surface area (Å²) in [5.41, 5.74) is 1.84. The fourth-order valence-electron chi connectivity index (χ4n) is 6.46. The van der Waals surface area contributed by atoms with Gasteiger partial charge in [0, 0.05) is 55.3 Å². The molecule has 1 aromatic heterocycles. The van der Waals surface area contributed by atoms with Crippen molar-refractivity contribution in [2.75, 3.05) is 44.3 Å². The zero-order chi connectivity index (χ0) is 35.4. The molecule has 260 valence electrons. The largest absolute Gasteiger partial charge is 0.416 e. The molecule has 50 heavy (non-hydrogen) atoms. The molecule has 0 spiro atoms. The van der Waals surface area contributed by atoms with E-state index in [1.54, 1.807) is 29.9 Å². The normalized spacial score (nSPS) is 18.0. The van der Waals surface area contributed by atoms with Crippen molar-refractivity contribution in [2.45, 2.75) is 31.6 Å². The Morgan fingerprint density at radius 1 is 0.980 bits per heavy atom. The van der Waals surface area contributed by atoms with E-state index in [2.05, 4.69) is 27.2 Å². The Morgan fingerprint density at radius 2 is 1.70 bits per heavy atom. The summed E-state index contributed by atoms with van der Waals surface area (Å²) in [6.45, 7) is 9.08. The maximum atomic E-state index is 14.4. The van der Waals surface area contributed by atoms with Crippen LogP contribution in [0.2, 0.25) is 0 Å². The van der Waals surface area contributed by atoms with Crippen LogP contribution in [0.5, 0.6) is 0 Å². The Bertz CT molecular complexity index is 1890. The third kappa shape index (κ3) is 7.19. The monoisotopic (exact) mass is 686 g/mol. The third-order valence-corrected chi connectivity index (χ3v) is 8.95. The number of morpholine rings is 1. The number of carbonyl (C=O) groups is 3. The van der Waals surface area contributed by atoms with Crippen LogP contribution >= 0.6 is 0 Å². The topological polar surface area (TPSA) is 109 Å². The van der Waals surface area contributed by atoms with Crippen LogP contribution in [0, 0.1) is 0 Å². The highest BCUT2D eigenvalue weighted by molar-refractivity contribution is 6.05. The number of hydrogen-bond donors (Lipinski definition) is 2. The molecule has 2 N–H and O–H groups in total. The maximum Gasteiger partial charge on any atom is 0.416 e. The first kappa shape index (κ1) is 34.6. The van der Waals surface area contributed by atoms with Crippen LogP contribution < -0.4 is 15.5 Å². The number of nitrogens with one attached hydrogen (secondary N) is 2. The number of halogens is 3. The van der Waals surface area contributed by atoms with Crippen LogP contribution in [0.15, 0.2) is 97.2 Å². The van der Waals surface area contributed by atoms with Crippen molar-refractivity contribution >= 4 is 23.5 Å². The molecule has 0 aliphatic carbocycles. The number of likely N-dealkylation sites (N-methyl/N-ethyl adjacent to an activating group) is 1. The second-order valence-electron chi connectivity index (χ2n) is 12.1. The smallest absolute Gasteiger partial charge is 0.379 e. The molecule has 4 aromatic rings. The third-order valence-electron chi connectivity index (χ3n) is 8.95. The molecule has 2 atom stereocenters. The highest BCUT2D eigenvalue weighted by Crippen LogP contribution is 2.42. The molecule has 1 saturated heterocycles. The van der Waals surface area contributed by atoms with Gasteiger partial charge in [0.15, 0.2) is 0 Å². The number of amides is 3. The molecule has 0 saturated carbocycles. The van der Waals surface area contributed by atoms with E-state index in [0.29, 0.717) is 66.6 Å². The van der Waals surface area contributed by atoms with E-state index in [9.17, 15) is 27.6 Å². The first-order valence-corrected chi connectivity index (χ1v) is 16.3. The predicted molar refractivity (Wildman–Crippen MR) is 181 cm³/mol. The standard InChI is InChI=1S/C37H37F3N6O4/c1-3-45-35-30(22-42-46(35)28-13-5-4-6-14-28)31(32(36(45)49)43-34(48)25-11-9-12-27(20-25)37(38,39)40)29-15-8-7-10-26(29)21-41-33(47)24(2)23-44-16-18-50-19-17-44/h4-15,20,22,31-32H,2-3,16-19,21,23H2,1H3,(H,41,47)(H,43,48). The summed E-state index contributed by atoms with van der Waals surface area (Å²) in [5.74, 6) is -1.91. The fraction of sp³-hybridized carbons (Fsp3) is 0.297. The van der Waals surface area contributed by atoms with Crippen LogP contribution in [0.3, 0.4) is 0 Å². The minimum absolute atomic E-state index is 0.0930. The molecule has 2 aliphatic rings. The van der Waals surface area contributed by atoms with E-state index in [-0.39, 0.29) is 24.6 Å². The van der Waals surface area contributed by atoms with Crippen LogP contribution in [-0.4, -0.2) is 77.8 Å². The van der Waals surface area contributed by atoms with Gasteiger partial charge in [-0.15, -0.1) is 0 Å². The van der Waals surface area contributed by atoms with Gasteiger partial charge in [-0.05, 0) is 48.4 Å². The number of aromatic nitrogens is 2. The van der Waals surface area contributed by atoms with E-state index in [1.165, 1.54) is 11.0 Å². The Labute approximate surface area is 287 Å². The number of rotatable bonds is 10. The van der Waals surface area contributed by atoms with Crippen molar-refractivity contribution in [2.24, 2.45) is 0 Å². The maximum absolute atomic E-state index is 14.4. The van der Waals surface area contributed by atoms with Crippen molar-refractivity contribution in [3.8, 4) is 5.69 Å². The average Bonchev–Trinajstić information content (AvgIpc) is 3.56. The van der Waals surface area contributed by atoms with Gasteiger partial charge in [-0.2, -0.15) is 18.3 Å². The van der Waals surface area contributed by atoms with Gasteiger partial charge in [-0.1, -0.05) is 55.1 Å². The molecule has 3 heterocycles. The van der Waals surface area contributed by atoms with Crippen molar-refractivity contribution < 1.29 is 32.3 Å². The highest BCUT2D eigenvalue weighted by Gasteiger charge is 2.45. The van der Waals surface area contributed by atoms with E-state index < -0.39 is 35.5 Å². The van der Waals surface area contributed by atoms with E-state index in [1.807, 2.05) is 42.5 Å². The second kappa shape index (κ2) is 14.7. The molecule has 2 unspecified atom stereocenters. The first-order chi connectivity index (χ1) is 24.1. The zero-order valence-electron chi connectivity index (χ0n) is 27.5. The lowest BCUT2D eigenvalue weighted by atomic mass is 9.80. The number of carbonyl (C=O) groups excluding carboxylic acids is 3. The number of benzene rings is 3. The average molecular weight is 687 g/mol. The second-order valence-corrected chi connectivity index (χ2v) is 12.1. The summed E-state index contributed by atoms with van der Waals surface area (Å²) in [7, 11) is 0. The molecule has 0 radical (unpaired) electrons. The van der Waals surface area contributed by atoms with Gasteiger partial charge in [0.25, 0.3) is 11.8 Å². The van der Waals surface area contributed by atoms with Crippen LogP contribution in [0.1, 0.15) is 45.5 Å². The number of nitrogens with zero attached hydrogens (tertiary/aromatic N) is 4. The number of alkyl halides is 3. The molecular formula is C37H37F3N6O4. The number of hydrogen-bond acceptors (Lipinski definition) is 6. The number of para-hydroxylation sites is 1. The Kier molecular flexibility index (Phi) is 10.2. The SMILES string of the molecule is C=C(CN1CCOCC1)C(=O)NCc1ccccc1C1c2cnn(-c3ccccc3)c2N(CC)C(=O)C1NC(=O)c1cccc(C(F)(F)F)c1. The minimum Gasteiger partial charge on any atom is -0.379 e. The van der Waals surface area contributed by atoms with Crippen molar-refractivity contribution in [3.05, 3.63) is 125 Å². The van der Waals surface area contributed by atoms with Crippen LogP contribution in [0.25, 0.3) is 5.69 Å². The molecule has 6 rings (SSSR count). The molecule has 13 heteroatoms. The zero-order valence-corrected chi connectivity index (χ0v) is 27.5. The number of anilines is 1. The highest BCUT2D eigenvalue weighted by atomic mass is 19.4. The first-order valence-electron chi connectivity index (χ1n) is 16.3. The Balaban J connectivity index is 1.37. The molecule has 2 aliphatic heterocycles. The van der Waals surface area contributed by atoms with E-state index >= 15 is 0 Å². The van der Waals surface area contributed by atoms with Crippen molar-refractivity contribution in [1.82, 2.24) is 25.3 Å². The molecule has 3 aromatic carbocycles. The van der Waals surface area contributed by atoms with E-state index in [4.69, 9.17) is 4.74 Å². The summed E-state index contributed by atoms with van der Waals surface area (Å²) >= 11 is 0. The lowest BCUT2D eigenvalue weighted by Crippen LogP contribution is -2.55. The summed E-state index contributed by atoms with van der Waals surface area (Å²) in [4.78, 5) is 44.8. The lowest BCUT2D eigenvalue weighted by molar-refractivity contribution is -0.137. The molecular weight excluding hydrogens is 649 g/mol. The van der Waals surface area contributed by atoms with Gasteiger partial charge in [0.05, 0.1) is 30.7 Å². The van der Waals surface area contributed by atoms with Crippen molar-refractivity contribution in [1.29, 1.82) is 0 Å². The molecule has 0 bridgehead atoms. The van der Waals surface area contributed by atoms with E-state index in [0.717, 1.165) is 18.2 Å². The molecule has 1 fully saturated rings. The molecule has 3 amide bonds. The van der Waals surface area contributed by atoms with Gasteiger partial charge < -0.3 is 15.4 Å². The van der Waals surface area contributed by atoms with Gasteiger partial charge in [-0.3, -0.25) is 24.2 Å². The Hall–Kier alpha value is -5.27. The van der Waals surface area contributed by atoms with Gasteiger partial charge in [0.1, 0.15) is 11.9 Å². The number of fused-ring (bicyclic) bond motifs is 1. The summed E-state index contributed by atoms with van der Waals surface area (Å²) < 4.78 is 47.7. The summed E-state index contributed by atoms with van der Waals surface area (Å²) in [5, 5.41) is 10.4. The van der Waals surface area contributed by atoms with Gasteiger partial charge >= 0.3 is 6.18 Å². The van der Waals surface area contributed by atoms with Crippen LogP contribution in [0.4, 0.5) is 19.0 Å². The minimum atomic E-state index is -4.66. The van der Waals surface area contributed by atoms with Gasteiger partial charge in [-0.25, -0.2) is 4.68 Å². The Morgan fingerprint density at radius 3 is 2.42 bits per heavy atom. The summed E-state index contributed by atoms with van der Waals surface area (Å²) in [6.07, 6.45) is -3.01. The fourth-order valence-corrected chi connectivity index (χ4v) is 6.46. The quantitative estimate of drug-likeness (QED) is 0.235. The summed E-state index contributed by atoms with van der Waals surface area (Å²) in [6, 6.07) is 19.4. The molecule has 10 nitrogen and oxygen atoms in total. The lowest BCUT2D eigenvalue weighted by Gasteiger charge is -2.38. The number of ether oxygens (including phenoxy) is 1.